The van der Waals surface area contributed by atoms with E-state index >= 15 is 0 Å². The average Bonchev–Trinajstić information content (AvgIpc) is 3.47. The van der Waals surface area contributed by atoms with Crippen molar-refractivity contribution in [1.82, 2.24) is 9.55 Å². The SMILES string of the molecule is Oc1cc(N(c2ccccc2)c2ccccc2)ccc1-c1nc2c3ccccc3c3ccccc3c2n1-c1ccccc1. The molecule has 4 nitrogen and oxygen atoms in total. The zero-order chi connectivity index (χ0) is 28.8. The van der Waals surface area contributed by atoms with Crippen LogP contribution < -0.4 is 4.90 Å². The van der Waals surface area contributed by atoms with Gasteiger partial charge in [-0.15, -0.1) is 0 Å². The van der Waals surface area contributed by atoms with Crippen molar-refractivity contribution >= 4 is 49.6 Å². The second kappa shape index (κ2) is 10.2. The molecule has 204 valence electrons. The summed E-state index contributed by atoms with van der Waals surface area (Å²) in [5, 5.41) is 16.3. The molecule has 0 aliphatic carbocycles. The van der Waals surface area contributed by atoms with Gasteiger partial charge in [0, 0.05) is 39.6 Å². The minimum atomic E-state index is 0.162. The molecule has 7 aromatic carbocycles. The van der Waals surface area contributed by atoms with E-state index in [4.69, 9.17) is 4.98 Å². The van der Waals surface area contributed by atoms with Crippen molar-refractivity contribution in [3.63, 3.8) is 0 Å². The van der Waals surface area contributed by atoms with Gasteiger partial charge in [-0.1, -0.05) is 103 Å². The molecule has 1 heterocycles. The van der Waals surface area contributed by atoms with E-state index in [0.717, 1.165) is 49.9 Å². The fourth-order valence-corrected chi connectivity index (χ4v) is 6.16. The Hall–Kier alpha value is -5.87. The van der Waals surface area contributed by atoms with Gasteiger partial charge in [-0.25, -0.2) is 4.98 Å². The molecule has 0 unspecified atom stereocenters. The third-order valence-corrected chi connectivity index (χ3v) is 8.06. The predicted molar refractivity (Wildman–Crippen MR) is 178 cm³/mol. The lowest BCUT2D eigenvalue weighted by atomic mass is 10.00. The third kappa shape index (κ3) is 4.12. The van der Waals surface area contributed by atoms with Crippen LogP contribution in [0.1, 0.15) is 0 Å². The lowest BCUT2D eigenvalue weighted by Gasteiger charge is -2.25. The number of nitrogens with zero attached hydrogens (tertiary/aromatic N) is 3. The number of aromatic hydroxyl groups is 1. The van der Waals surface area contributed by atoms with Gasteiger partial charge in [0.15, 0.2) is 0 Å². The number of phenolic OH excluding ortho intramolecular Hbond substituents is 1. The highest BCUT2D eigenvalue weighted by molar-refractivity contribution is 6.24. The summed E-state index contributed by atoms with van der Waals surface area (Å²) in [4.78, 5) is 7.42. The van der Waals surface area contributed by atoms with Crippen LogP contribution in [0.25, 0.3) is 49.7 Å². The van der Waals surface area contributed by atoms with Crippen LogP contribution in [0.5, 0.6) is 5.75 Å². The van der Waals surface area contributed by atoms with Crippen molar-refractivity contribution in [1.29, 1.82) is 0 Å². The van der Waals surface area contributed by atoms with Gasteiger partial charge in [0.2, 0.25) is 0 Å². The van der Waals surface area contributed by atoms with Crippen molar-refractivity contribution in [2.24, 2.45) is 0 Å². The van der Waals surface area contributed by atoms with Crippen molar-refractivity contribution in [3.05, 3.63) is 158 Å². The van der Waals surface area contributed by atoms with Gasteiger partial charge in [-0.2, -0.15) is 0 Å². The van der Waals surface area contributed by atoms with Crippen LogP contribution in [-0.2, 0) is 0 Å². The van der Waals surface area contributed by atoms with Crippen molar-refractivity contribution in [3.8, 4) is 22.8 Å². The van der Waals surface area contributed by atoms with E-state index in [1.807, 2.05) is 66.7 Å². The van der Waals surface area contributed by atoms with Crippen LogP contribution in [-0.4, -0.2) is 14.7 Å². The van der Waals surface area contributed by atoms with E-state index < -0.39 is 0 Å². The van der Waals surface area contributed by atoms with E-state index in [9.17, 15) is 5.11 Å². The quantitative estimate of drug-likeness (QED) is 0.216. The van der Waals surface area contributed by atoms with E-state index in [1.54, 1.807) is 0 Å². The smallest absolute Gasteiger partial charge is 0.149 e. The number of phenols is 1. The number of rotatable bonds is 5. The summed E-state index contributed by atoms with van der Waals surface area (Å²) in [6.07, 6.45) is 0. The minimum absolute atomic E-state index is 0.162. The first-order chi connectivity index (χ1) is 21.3. The van der Waals surface area contributed by atoms with Gasteiger partial charge in [0.05, 0.1) is 16.6 Å². The van der Waals surface area contributed by atoms with Gasteiger partial charge < -0.3 is 10.0 Å². The van der Waals surface area contributed by atoms with E-state index in [0.29, 0.717) is 11.4 Å². The fraction of sp³-hybridized carbons (Fsp3) is 0. The number of imidazole rings is 1. The summed E-state index contributed by atoms with van der Waals surface area (Å²) in [5.41, 5.74) is 6.46. The maximum absolute atomic E-state index is 11.7. The molecule has 0 aliphatic heterocycles. The molecule has 0 bridgehead atoms. The number of anilines is 3. The molecular weight excluding hydrogens is 526 g/mol. The van der Waals surface area contributed by atoms with Crippen LogP contribution in [0, 0.1) is 0 Å². The van der Waals surface area contributed by atoms with Crippen LogP contribution >= 0.6 is 0 Å². The van der Waals surface area contributed by atoms with Gasteiger partial charge in [-0.3, -0.25) is 4.57 Å². The van der Waals surface area contributed by atoms with Crippen molar-refractivity contribution < 1.29 is 5.11 Å². The van der Waals surface area contributed by atoms with Crippen molar-refractivity contribution in [2.45, 2.75) is 0 Å². The summed E-state index contributed by atoms with van der Waals surface area (Å²) in [6, 6.07) is 53.5. The topological polar surface area (TPSA) is 41.3 Å². The first kappa shape index (κ1) is 24.9. The minimum Gasteiger partial charge on any atom is -0.507 e. The molecule has 0 fully saturated rings. The number of aromatic nitrogens is 2. The molecule has 0 spiro atoms. The fourth-order valence-electron chi connectivity index (χ4n) is 6.16. The van der Waals surface area contributed by atoms with Crippen LogP contribution in [0.4, 0.5) is 17.1 Å². The zero-order valence-electron chi connectivity index (χ0n) is 23.3. The largest absolute Gasteiger partial charge is 0.507 e. The standard InChI is InChI=1S/C39H27N3O/c43-36-26-30(41(27-14-4-1-5-15-27)28-16-6-2-7-17-28)24-25-35(36)39-40-37-33-22-12-10-20-31(33)32-21-11-13-23-34(32)38(37)42(39)29-18-8-3-9-19-29/h1-26,43H. The van der Waals surface area contributed by atoms with Gasteiger partial charge in [-0.05, 0) is 59.3 Å². The molecule has 0 saturated carbocycles. The molecule has 0 aliphatic rings. The molecule has 1 N–H and O–H groups in total. The number of para-hydroxylation sites is 3. The highest BCUT2D eigenvalue weighted by atomic mass is 16.3. The van der Waals surface area contributed by atoms with E-state index in [1.165, 1.54) is 5.39 Å². The monoisotopic (exact) mass is 553 g/mol. The summed E-state index contributed by atoms with van der Waals surface area (Å²) in [6.45, 7) is 0. The molecule has 8 rings (SSSR count). The number of hydrogen-bond donors (Lipinski definition) is 1. The lowest BCUT2D eigenvalue weighted by molar-refractivity contribution is 0.477. The molecule has 0 atom stereocenters. The molecule has 0 saturated heterocycles. The first-order valence-corrected chi connectivity index (χ1v) is 14.4. The Morgan fingerprint density at radius 1 is 0.488 bits per heavy atom. The highest BCUT2D eigenvalue weighted by Crippen LogP contribution is 2.43. The highest BCUT2D eigenvalue weighted by Gasteiger charge is 2.22. The Bertz CT molecular complexity index is 2200. The second-order valence-corrected chi connectivity index (χ2v) is 10.6. The first-order valence-electron chi connectivity index (χ1n) is 14.4. The van der Waals surface area contributed by atoms with Gasteiger partial charge >= 0.3 is 0 Å². The van der Waals surface area contributed by atoms with Crippen molar-refractivity contribution in [2.75, 3.05) is 4.90 Å². The normalized spacial score (nSPS) is 11.3. The molecule has 4 heteroatoms. The summed E-state index contributed by atoms with van der Waals surface area (Å²) in [5.74, 6) is 0.855. The number of fused-ring (bicyclic) bond motifs is 6. The third-order valence-electron chi connectivity index (χ3n) is 8.06. The Morgan fingerprint density at radius 2 is 1.00 bits per heavy atom. The Labute approximate surface area is 249 Å². The molecule has 1 aromatic heterocycles. The van der Waals surface area contributed by atoms with E-state index in [-0.39, 0.29) is 5.75 Å². The summed E-state index contributed by atoms with van der Waals surface area (Å²) < 4.78 is 2.19. The van der Waals surface area contributed by atoms with Gasteiger partial charge in [0.25, 0.3) is 0 Å². The van der Waals surface area contributed by atoms with Crippen LogP contribution in [0.3, 0.4) is 0 Å². The number of benzene rings is 7. The molecule has 0 radical (unpaired) electrons. The maximum atomic E-state index is 11.7. The van der Waals surface area contributed by atoms with E-state index in [2.05, 4.69) is 100 Å². The second-order valence-electron chi connectivity index (χ2n) is 10.6. The summed E-state index contributed by atoms with van der Waals surface area (Å²) >= 11 is 0. The molecule has 0 amide bonds. The molecule has 8 aromatic rings. The lowest BCUT2D eigenvalue weighted by Crippen LogP contribution is -2.09. The summed E-state index contributed by atoms with van der Waals surface area (Å²) in [7, 11) is 0. The Kier molecular flexibility index (Phi) is 5.90. The Balaban J connectivity index is 1.40. The van der Waals surface area contributed by atoms with Crippen LogP contribution in [0.2, 0.25) is 0 Å². The van der Waals surface area contributed by atoms with Gasteiger partial charge in [0.1, 0.15) is 11.6 Å². The molecular formula is C39H27N3O. The van der Waals surface area contributed by atoms with Crippen LogP contribution in [0.15, 0.2) is 158 Å². The zero-order valence-corrected chi connectivity index (χ0v) is 23.3. The average molecular weight is 554 g/mol. The Morgan fingerprint density at radius 3 is 1.60 bits per heavy atom. The maximum Gasteiger partial charge on any atom is 0.149 e. The molecule has 43 heavy (non-hydrogen) atoms. The predicted octanol–water partition coefficient (Wildman–Crippen LogP) is 10.2. The number of hydrogen-bond acceptors (Lipinski definition) is 3.